The van der Waals surface area contributed by atoms with Gasteiger partial charge in [-0.05, 0) is 6.92 Å². The third kappa shape index (κ3) is 1.59. The molecule has 0 aliphatic heterocycles. The topological polar surface area (TPSA) is 26.0 Å². The van der Waals surface area contributed by atoms with E-state index < -0.39 is 5.95 Å². The average molecular weight is 157 g/mol. The summed E-state index contributed by atoms with van der Waals surface area (Å²) in [6.45, 7) is 7.35. The van der Waals surface area contributed by atoms with E-state index in [9.17, 15) is 4.39 Å². The van der Waals surface area contributed by atoms with Crippen LogP contribution in [-0.4, -0.2) is 4.98 Å². The van der Waals surface area contributed by atoms with E-state index in [4.69, 9.17) is 4.42 Å². The van der Waals surface area contributed by atoms with Crippen molar-refractivity contribution in [2.24, 2.45) is 0 Å². The molecule has 1 aromatic heterocycles. The highest BCUT2D eigenvalue weighted by Crippen LogP contribution is 2.22. The van der Waals surface area contributed by atoms with Gasteiger partial charge in [0.25, 0.3) is 5.95 Å². The lowest BCUT2D eigenvalue weighted by Gasteiger charge is -2.11. The summed E-state index contributed by atoms with van der Waals surface area (Å²) in [6, 6.07) is 0. The molecule has 1 rings (SSSR count). The SMILES string of the molecule is Cc1oc(C(C)(C)C)nc1F. The van der Waals surface area contributed by atoms with Gasteiger partial charge in [-0.15, -0.1) is 0 Å². The Morgan fingerprint density at radius 1 is 1.36 bits per heavy atom. The van der Waals surface area contributed by atoms with Crippen molar-refractivity contribution in [2.75, 3.05) is 0 Å². The second-order valence-electron chi connectivity index (χ2n) is 3.62. The minimum atomic E-state index is -0.505. The predicted molar refractivity (Wildman–Crippen MR) is 39.9 cm³/mol. The fourth-order valence-electron chi connectivity index (χ4n) is 0.699. The van der Waals surface area contributed by atoms with Crippen LogP contribution in [0.25, 0.3) is 0 Å². The van der Waals surface area contributed by atoms with Gasteiger partial charge in [0.05, 0.1) is 0 Å². The summed E-state index contributed by atoms with van der Waals surface area (Å²) in [5.41, 5.74) is -0.213. The maximum Gasteiger partial charge on any atom is 0.254 e. The molecule has 0 aliphatic carbocycles. The molecule has 0 saturated heterocycles. The van der Waals surface area contributed by atoms with Gasteiger partial charge >= 0.3 is 0 Å². The molecule has 0 amide bonds. The zero-order valence-electron chi connectivity index (χ0n) is 7.23. The van der Waals surface area contributed by atoms with E-state index in [0.717, 1.165) is 0 Å². The van der Waals surface area contributed by atoms with E-state index in [-0.39, 0.29) is 11.2 Å². The zero-order valence-corrected chi connectivity index (χ0v) is 7.23. The van der Waals surface area contributed by atoms with Gasteiger partial charge < -0.3 is 4.42 Å². The van der Waals surface area contributed by atoms with Crippen molar-refractivity contribution in [3.63, 3.8) is 0 Å². The van der Waals surface area contributed by atoms with Gasteiger partial charge in [0.2, 0.25) is 5.89 Å². The molecule has 0 aliphatic rings. The summed E-state index contributed by atoms with van der Waals surface area (Å²) in [7, 11) is 0. The fourth-order valence-corrected chi connectivity index (χ4v) is 0.699. The molecule has 1 heterocycles. The van der Waals surface area contributed by atoms with Crippen molar-refractivity contribution in [1.29, 1.82) is 0 Å². The number of aromatic nitrogens is 1. The summed E-state index contributed by atoms with van der Waals surface area (Å²) in [5, 5.41) is 0. The van der Waals surface area contributed by atoms with Gasteiger partial charge in [-0.25, -0.2) is 0 Å². The molecular formula is C8H12FNO. The lowest BCUT2D eigenvalue weighted by molar-refractivity contribution is 0.379. The Balaban J connectivity index is 3.08. The molecule has 62 valence electrons. The molecule has 0 bridgehead atoms. The first-order chi connectivity index (χ1) is 4.91. The Morgan fingerprint density at radius 3 is 2.09 bits per heavy atom. The quantitative estimate of drug-likeness (QED) is 0.578. The standard InChI is InChI=1S/C8H12FNO/c1-5-6(9)10-7(11-5)8(2,3)4/h1-4H3. The van der Waals surface area contributed by atoms with Crippen LogP contribution >= 0.6 is 0 Å². The van der Waals surface area contributed by atoms with Crippen molar-refractivity contribution in [3.8, 4) is 0 Å². The molecule has 0 spiro atoms. The van der Waals surface area contributed by atoms with Crippen molar-refractivity contribution in [1.82, 2.24) is 4.98 Å². The van der Waals surface area contributed by atoms with Crippen LogP contribution in [0.5, 0.6) is 0 Å². The van der Waals surface area contributed by atoms with Gasteiger partial charge in [-0.1, -0.05) is 20.8 Å². The minimum Gasteiger partial charge on any atom is -0.442 e. The fraction of sp³-hybridized carbons (Fsp3) is 0.625. The number of halogens is 1. The van der Waals surface area contributed by atoms with Gasteiger partial charge in [0.15, 0.2) is 5.76 Å². The van der Waals surface area contributed by atoms with Crippen LogP contribution in [0.4, 0.5) is 4.39 Å². The molecule has 2 nitrogen and oxygen atoms in total. The normalized spacial score (nSPS) is 12.1. The molecule has 0 atom stereocenters. The van der Waals surface area contributed by atoms with Crippen molar-refractivity contribution in [3.05, 3.63) is 17.6 Å². The van der Waals surface area contributed by atoms with E-state index in [1.165, 1.54) is 0 Å². The molecule has 0 fully saturated rings. The van der Waals surface area contributed by atoms with E-state index in [1.54, 1.807) is 6.92 Å². The van der Waals surface area contributed by atoms with E-state index in [1.807, 2.05) is 20.8 Å². The Bertz CT molecular complexity index is 240. The third-order valence-electron chi connectivity index (χ3n) is 1.38. The minimum absolute atomic E-state index is 0.213. The third-order valence-corrected chi connectivity index (χ3v) is 1.38. The smallest absolute Gasteiger partial charge is 0.254 e. The van der Waals surface area contributed by atoms with Gasteiger partial charge in [0.1, 0.15) is 0 Å². The number of aryl methyl sites for hydroxylation is 1. The molecule has 0 unspecified atom stereocenters. The van der Waals surface area contributed by atoms with Gasteiger partial charge in [-0.2, -0.15) is 9.37 Å². The highest BCUT2D eigenvalue weighted by molar-refractivity contribution is 5.02. The van der Waals surface area contributed by atoms with Crippen LogP contribution in [0.3, 0.4) is 0 Å². The zero-order chi connectivity index (χ0) is 8.65. The van der Waals surface area contributed by atoms with Gasteiger partial charge in [-0.3, -0.25) is 0 Å². The van der Waals surface area contributed by atoms with E-state index in [0.29, 0.717) is 5.89 Å². The Labute approximate surface area is 65.4 Å². The summed E-state index contributed by atoms with van der Waals surface area (Å²) in [5.74, 6) is 0.206. The number of nitrogens with zero attached hydrogens (tertiary/aromatic N) is 1. The number of oxazole rings is 1. The Hall–Kier alpha value is -0.860. The van der Waals surface area contributed by atoms with Crippen molar-refractivity contribution >= 4 is 0 Å². The Morgan fingerprint density at radius 2 is 1.91 bits per heavy atom. The van der Waals surface area contributed by atoms with Crippen LogP contribution < -0.4 is 0 Å². The lowest BCUT2D eigenvalue weighted by Crippen LogP contribution is -2.11. The van der Waals surface area contributed by atoms with Crippen LogP contribution in [0.2, 0.25) is 0 Å². The number of rotatable bonds is 0. The highest BCUT2D eigenvalue weighted by atomic mass is 19.1. The molecule has 1 aromatic rings. The monoisotopic (exact) mass is 157 g/mol. The van der Waals surface area contributed by atoms with Crippen LogP contribution in [0.15, 0.2) is 4.42 Å². The summed E-state index contributed by atoms with van der Waals surface area (Å²) in [4.78, 5) is 3.65. The largest absolute Gasteiger partial charge is 0.442 e. The maximum absolute atomic E-state index is 12.7. The second kappa shape index (κ2) is 2.32. The maximum atomic E-state index is 12.7. The summed E-state index contributed by atoms with van der Waals surface area (Å²) >= 11 is 0. The molecule has 0 N–H and O–H groups in total. The summed E-state index contributed by atoms with van der Waals surface area (Å²) in [6.07, 6.45) is 0. The highest BCUT2D eigenvalue weighted by Gasteiger charge is 2.21. The molecule has 0 radical (unpaired) electrons. The molecule has 0 aromatic carbocycles. The first-order valence-corrected chi connectivity index (χ1v) is 3.54. The van der Waals surface area contributed by atoms with Crippen LogP contribution in [-0.2, 0) is 5.41 Å². The molecule has 0 saturated carbocycles. The lowest BCUT2D eigenvalue weighted by atomic mass is 9.97. The van der Waals surface area contributed by atoms with E-state index >= 15 is 0 Å². The van der Waals surface area contributed by atoms with Crippen molar-refractivity contribution < 1.29 is 8.81 Å². The molecule has 11 heavy (non-hydrogen) atoms. The van der Waals surface area contributed by atoms with Crippen LogP contribution in [0, 0.1) is 12.9 Å². The van der Waals surface area contributed by atoms with Crippen molar-refractivity contribution in [2.45, 2.75) is 33.1 Å². The van der Waals surface area contributed by atoms with Crippen LogP contribution in [0.1, 0.15) is 32.4 Å². The molecular weight excluding hydrogens is 145 g/mol. The number of hydrogen-bond acceptors (Lipinski definition) is 2. The summed E-state index contributed by atoms with van der Waals surface area (Å²) < 4.78 is 17.8. The van der Waals surface area contributed by atoms with E-state index in [2.05, 4.69) is 4.98 Å². The number of hydrogen-bond donors (Lipinski definition) is 0. The first-order valence-electron chi connectivity index (χ1n) is 3.54. The predicted octanol–water partition coefficient (Wildman–Crippen LogP) is 2.42. The molecule has 3 heteroatoms. The Kier molecular flexibility index (Phi) is 1.74. The second-order valence-corrected chi connectivity index (χ2v) is 3.62. The van der Waals surface area contributed by atoms with Gasteiger partial charge in [0, 0.05) is 5.41 Å². The average Bonchev–Trinajstić information content (AvgIpc) is 2.11. The first kappa shape index (κ1) is 8.24.